The van der Waals surface area contributed by atoms with E-state index in [9.17, 15) is 19.6 Å². The normalized spacial score (nSPS) is 29.8. The molecule has 13 heteroatoms. The van der Waals surface area contributed by atoms with Gasteiger partial charge in [0.2, 0.25) is 5.82 Å². The number of aliphatic hydroxyl groups is 2. The average molecular weight is 355 g/mol. The molecule has 4 atom stereocenters. The number of carbonyl (C=O) groups is 1. The average Bonchev–Trinajstić information content (AvgIpc) is 2.98. The van der Waals surface area contributed by atoms with Gasteiger partial charge in [0, 0.05) is 0 Å². The van der Waals surface area contributed by atoms with Crippen molar-refractivity contribution in [3.05, 3.63) is 23.0 Å². The smallest absolute Gasteiger partial charge is 0.367 e. The van der Waals surface area contributed by atoms with Crippen molar-refractivity contribution in [3.8, 4) is 0 Å². The summed E-state index contributed by atoms with van der Waals surface area (Å²) in [4.78, 5) is 32.3. The first-order valence-corrected chi connectivity index (χ1v) is 7.76. The molecule has 0 saturated carbocycles. The number of rotatable bonds is 4. The van der Waals surface area contributed by atoms with Crippen LogP contribution in [-0.4, -0.2) is 59.0 Å². The second-order valence-electron chi connectivity index (χ2n) is 4.42. The van der Waals surface area contributed by atoms with Crippen LogP contribution in [0.2, 0.25) is 0 Å². The summed E-state index contributed by atoms with van der Waals surface area (Å²) in [6.45, 7) is 0. The lowest BCUT2D eigenvalue weighted by Gasteiger charge is -2.13. The van der Waals surface area contributed by atoms with Crippen LogP contribution in [0.15, 0.2) is 17.2 Å². The van der Waals surface area contributed by atoms with Gasteiger partial charge < -0.3 is 30.5 Å². The molecule has 1 aromatic heterocycles. The number of amides is 1. The molecule has 1 aromatic rings. The third-order valence-electron chi connectivity index (χ3n) is 2.84. The first-order valence-electron chi connectivity index (χ1n) is 5.77. The molecule has 1 aliphatic rings. The minimum Gasteiger partial charge on any atom is -0.387 e. The van der Waals surface area contributed by atoms with Crippen molar-refractivity contribution >= 4 is 25.1 Å². The fourth-order valence-electron chi connectivity index (χ4n) is 1.78. The predicted molar refractivity (Wildman–Crippen MR) is 70.4 cm³/mol. The second-order valence-corrected chi connectivity index (χ2v) is 6.66. The lowest BCUT2D eigenvalue weighted by Crippen LogP contribution is -2.31. The van der Waals surface area contributed by atoms with E-state index < -0.39 is 42.8 Å². The van der Waals surface area contributed by atoms with E-state index in [1.54, 1.807) is 0 Å². The van der Waals surface area contributed by atoms with Crippen LogP contribution in [0.3, 0.4) is 0 Å². The van der Waals surface area contributed by atoms with Gasteiger partial charge >= 0.3 is 7.60 Å². The molecule has 0 aliphatic carbocycles. The molecule has 1 fully saturated rings. The van der Waals surface area contributed by atoms with E-state index in [1.165, 1.54) is 0 Å². The van der Waals surface area contributed by atoms with E-state index in [4.69, 9.17) is 31.9 Å². The molecule has 1 saturated heterocycles. The van der Waals surface area contributed by atoms with Gasteiger partial charge in [-0.25, -0.2) is 9.67 Å². The number of nitrogens with two attached hydrogens (primary N) is 1. The summed E-state index contributed by atoms with van der Waals surface area (Å²) in [6.07, 6.45) is -3.70. The maximum absolute atomic E-state index is 11.0. The van der Waals surface area contributed by atoms with Crippen molar-refractivity contribution < 1.29 is 34.1 Å². The highest BCUT2D eigenvalue weighted by Crippen LogP contribution is 2.48. The third kappa shape index (κ3) is 3.36. The number of halogens is 1. The molecule has 0 bridgehead atoms. The highest BCUT2D eigenvalue weighted by atomic mass is 35.5. The van der Waals surface area contributed by atoms with Gasteiger partial charge in [0.25, 0.3) is 5.91 Å². The molecule has 2 heterocycles. The lowest BCUT2D eigenvalue weighted by molar-refractivity contribution is -0.0347. The Morgan fingerprint density at radius 2 is 2.09 bits per heavy atom. The molecular formula is C9H12ClN4O7P. The van der Waals surface area contributed by atoms with Crippen LogP contribution < -0.4 is 5.73 Å². The zero-order chi connectivity index (χ0) is 16.7. The van der Waals surface area contributed by atoms with Crippen molar-refractivity contribution in [1.82, 2.24) is 14.8 Å². The Hall–Kier alpha value is -1.33. The molecule has 11 nitrogen and oxygen atoms in total. The molecule has 6 N–H and O–H groups in total. The van der Waals surface area contributed by atoms with Crippen molar-refractivity contribution in [1.29, 1.82) is 0 Å². The summed E-state index contributed by atoms with van der Waals surface area (Å²) < 4.78 is 16.3. The summed E-state index contributed by atoms with van der Waals surface area (Å²) in [5.74, 6) is -1.22. The standard InChI is InChI=1S/C9H12ClN4O7P/c10-4(22(18,19)20)1-3-5(15)6(16)9(21-3)14-2-12-8(13-14)7(11)17/h1-3,5-6,9,15-16H,(H2,11,17)(H2,18,19,20)/b4-1+/t3?,5-,6-,9-/m1/s1. The minimum atomic E-state index is -4.70. The Balaban J connectivity index is 2.23. The largest absolute Gasteiger partial charge is 0.387 e. The fourth-order valence-corrected chi connectivity index (χ4v) is 2.25. The summed E-state index contributed by atoms with van der Waals surface area (Å²) in [6, 6.07) is 0. The van der Waals surface area contributed by atoms with Crippen LogP contribution in [0.1, 0.15) is 16.8 Å². The minimum absolute atomic E-state index is 0.322. The van der Waals surface area contributed by atoms with Crippen molar-refractivity contribution in [3.63, 3.8) is 0 Å². The summed E-state index contributed by atoms with van der Waals surface area (Å²) in [5, 5.41) is 23.4. The van der Waals surface area contributed by atoms with Gasteiger partial charge in [-0.1, -0.05) is 11.6 Å². The van der Waals surface area contributed by atoms with E-state index in [2.05, 4.69) is 10.1 Å². The molecule has 0 radical (unpaired) electrons. The fraction of sp³-hybridized carbons (Fsp3) is 0.444. The van der Waals surface area contributed by atoms with Crippen molar-refractivity contribution in [2.24, 2.45) is 5.73 Å². The van der Waals surface area contributed by atoms with Gasteiger partial charge in [0.1, 0.15) is 29.4 Å². The van der Waals surface area contributed by atoms with Gasteiger partial charge in [0.05, 0.1) is 0 Å². The molecule has 1 unspecified atom stereocenters. The second kappa shape index (κ2) is 6.05. The number of aliphatic hydroxyl groups excluding tert-OH is 2. The van der Waals surface area contributed by atoms with Crippen LogP contribution in [0.25, 0.3) is 0 Å². The third-order valence-corrected chi connectivity index (χ3v) is 4.34. The maximum Gasteiger partial charge on any atom is 0.367 e. The van der Waals surface area contributed by atoms with Crippen LogP contribution in [0, 0.1) is 0 Å². The first-order chi connectivity index (χ1) is 10.1. The molecular weight excluding hydrogens is 343 g/mol. The van der Waals surface area contributed by atoms with Crippen molar-refractivity contribution in [2.75, 3.05) is 0 Å². The number of aromatic nitrogens is 3. The number of hydrogen-bond donors (Lipinski definition) is 5. The summed E-state index contributed by atoms with van der Waals surface area (Å²) >= 11 is 5.42. The number of nitrogens with zero attached hydrogens (tertiary/aromatic N) is 3. The molecule has 0 aromatic carbocycles. The molecule has 122 valence electrons. The van der Waals surface area contributed by atoms with E-state index in [0.717, 1.165) is 17.1 Å². The highest BCUT2D eigenvalue weighted by Gasteiger charge is 2.44. The van der Waals surface area contributed by atoms with Gasteiger partial charge in [-0.05, 0) is 6.08 Å². The highest BCUT2D eigenvalue weighted by molar-refractivity contribution is 7.59. The van der Waals surface area contributed by atoms with Gasteiger partial charge in [-0.2, -0.15) is 0 Å². The van der Waals surface area contributed by atoms with Crippen LogP contribution in [0.5, 0.6) is 0 Å². The number of ether oxygens (including phenoxy) is 1. The quantitative estimate of drug-likeness (QED) is 0.392. The maximum atomic E-state index is 11.0. The Labute approximate surface area is 128 Å². The van der Waals surface area contributed by atoms with Crippen molar-refractivity contribution in [2.45, 2.75) is 24.5 Å². The van der Waals surface area contributed by atoms with Gasteiger partial charge in [-0.3, -0.25) is 9.36 Å². The van der Waals surface area contributed by atoms with Crippen LogP contribution >= 0.6 is 19.2 Å². The molecule has 22 heavy (non-hydrogen) atoms. The molecule has 1 amide bonds. The first kappa shape index (κ1) is 17.0. The molecule has 1 aliphatic heterocycles. The Morgan fingerprint density at radius 1 is 1.45 bits per heavy atom. The Morgan fingerprint density at radius 3 is 2.59 bits per heavy atom. The van der Waals surface area contributed by atoms with Crippen LogP contribution in [-0.2, 0) is 9.30 Å². The van der Waals surface area contributed by atoms with E-state index in [1.807, 2.05) is 0 Å². The topological polar surface area (TPSA) is 181 Å². The zero-order valence-corrected chi connectivity index (χ0v) is 12.4. The van der Waals surface area contributed by atoms with E-state index >= 15 is 0 Å². The zero-order valence-electron chi connectivity index (χ0n) is 10.7. The predicted octanol–water partition coefficient (Wildman–Crippen LogP) is -1.75. The molecule has 0 spiro atoms. The number of primary amides is 1. The van der Waals surface area contributed by atoms with Gasteiger partial charge in [-0.15, -0.1) is 5.10 Å². The van der Waals surface area contributed by atoms with E-state index in [-0.39, 0.29) is 5.82 Å². The van der Waals surface area contributed by atoms with E-state index in [0.29, 0.717) is 0 Å². The number of hydrogen-bond acceptors (Lipinski definition) is 7. The van der Waals surface area contributed by atoms with Crippen LogP contribution in [0.4, 0.5) is 0 Å². The SMILES string of the molecule is NC(=O)c1ncn([C@@H]2OC(/C=C(\Cl)P(=O)(O)O)[C@@H](O)[C@H]2O)n1. The Bertz CT molecular complexity index is 658. The lowest BCUT2D eigenvalue weighted by atomic mass is 10.1. The summed E-state index contributed by atoms with van der Waals surface area (Å²) in [5.41, 5.74) is 4.99. The molecule has 2 rings (SSSR count). The van der Waals surface area contributed by atoms with Gasteiger partial charge in [0.15, 0.2) is 6.23 Å². The number of carbonyl (C=O) groups excluding carboxylic acids is 1. The Kier molecular flexibility index (Phi) is 4.68. The summed E-state index contributed by atoms with van der Waals surface area (Å²) in [7, 11) is -4.70. The monoisotopic (exact) mass is 354 g/mol.